The first-order chi connectivity index (χ1) is 28.6. The third kappa shape index (κ3) is 26.7. The molecule has 0 aliphatic carbocycles. The molecule has 330 valence electrons. The highest BCUT2D eigenvalue weighted by atomic mass is 32.1. The summed E-state index contributed by atoms with van der Waals surface area (Å²) in [4.78, 5) is 0.838. The fraction of sp³-hybridized carbons (Fsp3) is 0.722. The summed E-state index contributed by atoms with van der Waals surface area (Å²) in [5.74, 6) is 2.39. The zero-order valence-corrected chi connectivity index (χ0v) is 39.3. The van der Waals surface area contributed by atoms with Gasteiger partial charge in [0.2, 0.25) is 5.75 Å². The molecule has 0 N–H and O–H groups in total. The van der Waals surface area contributed by atoms with Crippen LogP contribution in [0.1, 0.15) is 243 Å². The topological polar surface area (TPSA) is 27.7 Å². The Morgan fingerprint density at radius 3 is 1.14 bits per heavy atom. The Balaban J connectivity index is 2.10. The Hall–Kier alpha value is -2.33. The predicted octanol–water partition coefficient (Wildman–Crippen LogP) is 18.0. The van der Waals surface area contributed by atoms with E-state index in [0.717, 1.165) is 65.3 Å². The molecule has 58 heavy (non-hydrogen) atoms. The van der Waals surface area contributed by atoms with E-state index in [1.165, 1.54) is 179 Å². The number of hydrogen-bond acceptors (Lipinski definition) is 4. The molecule has 0 spiro atoms. The molecule has 3 nitrogen and oxygen atoms in total. The lowest BCUT2D eigenvalue weighted by Crippen LogP contribution is -2.07. The first-order valence-electron chi connectivity index (χ1n) is 25.0. The van der Waals surface area contributed by atoms with Crippen LogP contribution in [0.15, 0.2) is 42.5 Å². The Morgan fingerprint density at radius 1 is 0.431 bits per heavy atom. The van der Waals surface area contributed by atoms with Crippen LogP contribution in [-0.2, 0) is 6.42 Å². The van der Waals surface area contributed by atoms with Crippen molar-refractivity contribution in [3.8, 4) is 17.2 Å². The third-order valence-electron chi connectivity index (χ3n) is 11.5. The number of ether oxygens (including phenoxy) is 3. The molecule has 0 fully saturated rings. The van der Waals surface area contributed by atoms with Gasteiger partial charge in [0, 0.05) is 4.86 Å². The standard InChI is InChI=1S/C54H90O3S/c1-5-9-12-15-18-21-24-27-30-33-43-55-51-46-49(39-42-53(58)50-40-37-48(36-8-4)38-41-50)47-52(56-44-34-31-28-25-22-19-16-13-10-6-2)54(51)57-45-35-32-29-26-23-20-17-14-11-7-3/h37-42,46-47H,5-36,43-45H2,1-4H3. The molecule has 0 saturated heterocycles. The maximum Gasteiger partial charge on any atom is 0.203 e. The molecular weight excluding hydrogens is 729 g/mol. The van der Waals surface area contributed by atoms with Gasteiger partial charge in [-0.05, 0) is 60.6 Å². The van der Waals surface area contributed by atoms with Gasteiger partial charge in [0.25, 0.3) is 0 Å². The lowest BCUT2D eigenvalue weighted by Gasteiger charge is -2.18. The van der Waals surface area contributed by atoms with E-state index in [2.05, 4.69) is 76.2 Å². The molecule has 0 aromatic heterocycles. The highest BCUT2D eigenvalue weighted by Gasteiger charge is 2.16. The predicted molar refractivity (Wildman–Crippen MR) is 260 cm³/mol. The average molecular weight is 819 g/mol. The van der Waals surface area contributed by atoms with Crippen molar-refractivity contribution in [1.29, 1.82) is 0 Å². The van der Waals surface area contributed by atoms with Gasteiger partial charge in [-0.25, -0.2) is 0 Å². The molecule has 2 aromatic rings. The summed E-state index contributed by atoms with van der Waals surface area (Å²) in [5, 5.41) is 0. The van der Waals surface area contributed by atoms with E-state index in [9.17, 15) is 0 Å². The van der Waals surface area contributed by atoms with Gasteiger partial charge >= 0.3 is 0 Å². The monoisotopic (exact) mass is 819 g/mol. The minimum Gasteiger partial charge on any atom is -0.490 e. The van der Waals surface area contributed by atoms with Crippen molar-refractivity contribution in [2.24, 2.45) is 0 Å². The summed E-state index contributed by atoms with van der Waals surface area (Å²) in [6.45, 7) is 11.2. The molecule has 0 radical (unpaired) electrons. The van der Waals surface area contributed by atoms with E-state index in [4.69, 9.17) is 26.4 Å². The number of aryl methyl sites for hydroxylation is 1. The number of rotatable bonds is 41. The van der Waals surface area contributed by atoms with E-state index in [-0.39, 0.29) is 0 Å². The van der Waals surface area contributed by atoms with Gasteiger partial charge in [-0.3, -0.25) is 0 Å². The second-order valence-corrected chi connectivity index (χ2v) is 17.5. The van der Waals surface area contributed by atoms with E-state index < -0.39 is 0 Å². The van der Waals surface area contributed by atoms with Gasteiger partial charge < -0.3 is 14.2 Å². The molecule has 0 bridgehead atoms. The highest BCUT2D eigenvalue weighted by molar-refractivity contribution is 7.81. The number of thiocarbonyl (C=S) groups is 1. The van der Waals surface area contributed by atoms with Crippen LogP contribution in [0.3, 0.4) is 0 Å². The molecule has 4 heteroatoms. The van der Waals surface area contributed by atoms with Crippen LogP contribution >= 0.6 is 12.2 Å². The minimum absolute atomic E-state index is 0.688. The Morgan fingerprint density at radius 2 is 0.776 bits per heavy atom. The molecule has 2 rings (SSSR count). The quantitative estimate of drug-likeness (QED) is 0.0289. The first-order valence-corrected chi connectivity index (χ1v) is 25.4. The summed E-state index contributed by atoms with van der Waals surface area (Å²) in [7, 11) is 0. The number of benzene rings is 2. The Bertz CT molecular complexity index is 1220. The van der Waals surface area contributed by atoms with Crippen LogP contribution in [-0.4, -0.2) is 24.7 Å². The van der Waals surface area contributed by atoms with Gasteiger partial charge in [-0.2, -0.15) is 0 Å². The van der Waals surface area contributed by atoms with Crippen molar-refractivity contribution in [2.75, 3.05) is 19.8 Å². The fourth-order valence-electron chi connectivity index (χ4n) is 7.75. The van der Waals surface area contributed by atoms with E-state index >= 15 is 0 Å². The van der Waals surface area contributed by atoms with Crippen LogP contribution in [0.2, 0.25) is 0 Å². The van der Waals surface area contributed by atoms with Gasteiger partial charge in [-0.15, -0.1) is 0 Å². The van der Waals surface area contributed by atoms with Crippen LogP contribution in [0, 0.1) is 0 Å². The van der Waals surface area contributed by atoms with Gasteiger partial charge in [0.1, 0.15) is 0 Å². The SMILES string of the molecule is CCCCCCCCCCCCOc1cc(C=CC(=S)c2ccc(CCC)cc2)cc(OCCCCCCCCCCCC)c1OCCCCCCCCCCCC. The summed E-state index contributed by atoms with van der Waals surface area (Å²) >= 11 is 5.89. The molecule has 0 unspecified atom stereocenters. The second-order valence-electron chi connectivity index (χ2n) is 17.1. The Kier molecular flexibility index (Phi) is 33.6. The highest BCUT2D eigenvalue weighted by Crippen LogP contribution is 2.40. The molecule has 0 aliphatic rings. The smallest absolute Gasteiger partial charge is 0.203 e. The third-order valence-corrected chi connectivity index (χ3v) is 11.9. The molecule has 0 aliphatic heterocycles. The normalized spacial score (nSPS) is 11.4. The Labute approximate surface area is 365 Å². The average Bonchev–Trinajstić information content (AvgIpc) is 3.23. The summed E-state index contributed by atoms with van der Waals surface area (Å²) in [6, 6.07) is 13.0. The molecule has 0 atom stereocenters. The van der Waals surface area contributed by atoms with Gasteiger partial charge in [-0.1, -0.05) is 250 Å². The van der Waals surface area contributed by atoms with Crippen molar-refractivity contribution in [3.05, 3.63) is 59.2 Å². The zero-order valence-electron chi connectivity index (χ0n) is 38.5. The second kappa shape index (κ2) is 37.7. The van der Waals surface area contributed by atoms with Gasteiger partial charge in [0.05, 0.1) is 19.8 Å². The number of hydrogen-bond donors (Lipinski definition) is 0. The van der Waals surface area contributed by atoms with Crippen molar-refractivity contribution in [3.63, 3.8) is 0 Å². The largest absolute Gasteiger partial charge is 0.490 e. The summed E-state index contributed by atoms with van der Waals surface area (Å²) in [5.41, 5.74) is 3.48. The van der Waals surface area contributed by atoms with E-state index in [0.29, 0.717) is 19.8 Å². The van der Waals surface area contributed by atoms with Crippen molar-refractivity contribution < 1.29 is 14.2 Å². The molecular formula is C54H90O3S. The van der Waals surface area contributed by atoms with Crippen molar-refractivity contribution in [1.82, 2.24) is 0 Å². The van der Waals surface area contributed by atoms with Crippen LogP contribution in [0.4, 0.5) is 0 Å². The maximum absolute atomic E-state index is 6.62. The summed E-state index contributed by atoms with van der Waals surface area (Å²) < 4.78 is 19.8. The number of allylic oxidation sites excluding steroid dienone is 1. The minimum atomic E-state index is 0.688. The molecule has 2 aromatic carbocycles. The van der Waals surface area contributed by atoms with Crippen molar-refractivity contribution in [2.45, 2.75) is 233 Å². The van der Waals surface area contributed by atoms with E-state index in [1.807, 2.05) is 0 Å². The van der Waals surface area contributed by atoms with Crippen LogP contribution in [0.25, 0.3) is 6.08 Å². The fourth-order valence-corrected chi connectivity index (χ4v) is 7.95. The zero-order chi connectivity index (χ0) is 41.6. The van der Waals surface area contributed by atoms with Crippen molar-refractivity contribution >= 4 is 23.2 Å². The maximum atomic E-state index is 6.62. The van der Waals surface area contributed by atoms with E-state index in [1.54, 1.807) is 0 Å². The van der Waals surface area contributed by atoms with Crippen LogP contribution in [0.5, 0.6) is 17.2 Å². The van der Waals surface area contributed by atoms with Gasteiger partial charge in [0.15, 0.2) is 11.5 Å². The molecule has 0 saturated carbocycles. The summed E-state index contributed by atoms with van der Waals surface area (Å²) in [6.07, 6.45) is 45.7. The van der Waals surface area contributed by atoms with Crippen LogP contribution < -0.4 is 14.2 Å². The lowest BCUT2D eigenvalue weighted by atomic mass is 10.0. The first kappa shape index (κ1) is 51.8. The number of unbranched alkanes of at least 4 members (excludes halogenated alkanes) is 27. The molecule has 0 amide bonds. The lowest BCUT2D eigenvalue weighted by molar-refractivity contribution is 0.234. The molecule has 0 heterocycles.